The Kier molecular flexibility index (Phi) is 38.6. The van der Waals surface area contributed by atoms with E-state index in [9.17, 15) is 88.9 Å². The van der Waals surface area contributed by atoms with E-state index in [1.165, 1.54) is 68.4 Å². The molecule has 0 aromatic heterocycles. The van der Waals surface area contributed by atoms with Crippen LogP contribution in [0.4, 0.5) is 28.4 Å². The zero-order chi connectivity index (χ0) is 109. The number of anilines is 5. The van der Waals surface area contributed by atoms with Crippen molar-refractivity contribution < 1.29 is 98.3 Å². The van der Waals surface area contributed by atoms with Gasteiger partial charge in [-0.25, -0.2) is 74.1 Å². The summed E-state index contributed by atoms with van der Waals surface area (Å²) < 4.78 is 177. The summed E-state index contributed by atoms with van der Waals surface area (Å²) in [4.78, 5) is 97.8. The Morgan fingerprint density at radius 1 is 0.354 bits per heavy atom. The molecule has 40 heteroatoms. The van der Waals surface area contributed by atoms with Gasteiger partial charge in [-0.1, -0.05) is 203 Å². The maximum atomic E-state index is 13.2. The van der Waals surface area contributed by atoms with E-state index in [0.29, 0.717) is 78.9 Å². The summed E-state index contributed by atoms with van der Waals surface area (Å²) in [5.74, 6) is -2.28. The van der Waals surface area contributed by atoms with Gasteiger partial charge in [0.25, 0.3) is 50.1 Å². The van der Waals surface area contributed by atoms with Crippen molar-refractivity contribution in [1.29, 1.82) is 0 Å². The van der Waals surface area contributed by atoms with Gasteiger partial charge in [0.2, 0.25) is 57.3 Å². The lowest BCUT2D eigenvalue weighted by molar-refractivity contribution is -0.127. The summed E-state index contributed by atoms with van der Waals surface area (Å²) in [5, 5.41) is 13.2. The highest BCUT2D eigenvalue weighted by atomic mass is 32.2. The third-order valence-electron chi connectivity index (χ3n) is 28.9. The molecule has 0 aliphatic heterocycles. The number of nitrogen functional groups attached to an aromatic ring is 1. The summed E-state index contributed by atoms with van der Waals surface area (Å²) in [6.07, 6.45) is 17.3. The van der Waals surface area contributed by atoms with Crippen LogP contribution in [0.2, 0.25) is 0 Å². The van der Waals surface area contributed by atoms with E-state index in [1.807, 2.05) is 104 Å². The first-order chi connectivity index (χ1) is 68.9. The van der Waals surface area contributed by atoms with Crippen molar-refractivity contribution in [2.75, 3.05) is 48.1 Å². The molecule has 7 aliphatic rings. The number of carbonyl (C=O) groups is 8. The van der Waals surface area contributed by atoms with Crippen LogP contribution in [-0.4, -0.2) is 130 Å². The Labute approximate surface area is 866 Å². The molecule has 0 heterocycles. The number of benzene rings is 7. The van der Waals surface area contributed by atoms with Crippen molar-refractivity contribution in [2.24, 2.45) is 91.7 Å². The van der Waals surface area contributed by atoms with Crippen LogP contribution < -0.4 is 70.1 Å². The van der Waals surface area contributed by atoms with E-state index < -0.39 is 139 Å². The third-order valence-corrected chi connectivity index (χ3v) is 37.7. The standard InChI is InChI=1S/C24H28N2O5S.C23H28N2O4S.C16H28N2O3S.C16H22N2O3S.C15H18N2O4S.C13H16N2O3S/c1-5-19-14-24(19,16(2)3)23(28)26-32(29,30)22-13-18(11-12-21(22)25-17(4)27)15-31-20-9-7-6-8-10-20;1-5-18-14-23(18,16(2)3)22(26)25-30(27,28)21-13-17(11-12-20(21)24-4)15-29-19-9-7-6-8-10-19;2*1-5-12-10-16(12,11(2)3)15(19)18-22(20,21)14-9-7-6-8-13(14)17-4;1-4-11-9-15(11,3)14(19)17-22(20,21)13-8-6-5-7-12(13)16-10(2)18;1-3-9-8-13(9,2)12(16)15-19(17,18)11-7-5-4-6-10(11)14/h5-13,16,19H,1,14-15H2,2-4H3,(H,25,27)(H,26,28);5-13,16,18,24H,1,14-15H2,2-4H3,(H,25,26);5,11-14,17H,1,6-10H2,2-4H3,(H,18,19);5-9,11-12,17H,1,10H2,2-4H3,(H,18,19);4-8,11H,1,9H2,2-3H3,(H,16,18)(H,17,19);3-7,9H,1,8,14H2,2H3,(H,15,16)/t19-,24-;18-,23-;12-,13?,14?,16-;12-,16-;11-,15+;9-,13+/m111111/s1. The fourth-order valence-corrected chi connectivity index (χ4v) is 27.0. The van der Waals surface area contributed by atoms with E-state index in [1.54, 1.807) is 138 Å². The number of allylic oxidation sites excluding steroid dienone is 6. The molecule has 13 N–H and O–H groups in total. The Balaban J connectivity index is 0.000000198. The van der Waals surface area contributed by atoms with E-state index in [-0.39, 0.29) is 126 Å². The highest BCUT2D eigenvalue weighted by Gasteiger charge is 2.65. The lowest BCUT2D eigenvalue weighted by Crippen LogP contribution is -2.52. The number of rotatable bonds is 39. The van der Waals surface area contributed by atoms with E-state index >= 15 is 0 Å². The highest BCUT2D eigenvalue weighted by molar-refractivity contribution is 7.91. The molecule has 796 valence electrons. The number of ether oxygens (including phenoxy) is 2. The minimum absolute atomic E-state index is 0.00470. The predicted molar refractivity (Wildman–Crippen MR) is 570 cm³/mol. The fourth-order valence-electron chi connectivity index (χ4n) is 18.9. The zero-order valence-corrected chi connectivity index (χ0v) is 90.7. The van der Waals surface area contributed by atoms with Crippen molar-refractivity contribution in [3.63, 3.8) is 0 Å². The van der Waals surface area contributed by atoms with E-state index in [0.717, 1.165) is 19.3 Å². The number of hydrogen-bond donors (Lipinski definition) is 12. The lowest BCUT2D eigenvalue weighted by atomic mass is 9.89. The van der Waals surface area contributed by atoms with Gasteiger partial charge in [0, 0.05) is 34.0 Å². The Morgan fingerprint density at radius 2 is 0.639 bits per heavy atom. The number of sulfonamides is 6. The molecule has 34 nitrogen and oxygen atoms in total. The third kappa shape index (κ3) is 27.5. The molecule has 2 unspecified atom stereocenters. The van der Waals surface area contributed by atoms with Crippen LogP contribution in [0.5, 0.6) is 11.5 Å². The lowest BCUT2D eigenvalue weighted by Gasteiger charge is -2.31. The van der Waals surface area contributed by atoms with Crippen LogP contribution >= 0.6 is 0 Å². The first-order valence-corrected chi connectivity index (χ1v) is 57.3. The second kappa shape index (κ2) is 48.1. The zero-order valence-electron chi connectivity index (χ0n) is 85.8. The Hall–Kier alpha value is -12.6. The molecule has 14 rings (SSSR count). The normalized spacial score (nSPS) is 24.2. The van der Waals surface area contributed by atoms with Gasteiger partial charge in [0.05, 0.1) is 66.2 Å². The molecule has 7 saturated carbocycles. The summed E-state index contributed by atoms with van der Waals surface area (Å²) in [7, 11) is -18.8. The number of hydrogen-bond acceptors (Lipinski definition) is 26. The van der Waals surface area contributed by atoms with Gasteiger partial charge in [0.15, 0.2) is 0 Å². The molecular formula is C107H140N12O22S6. The van der Waals surface area contributed by atoms with Gasteiger partial charge in [-0.15, -0.1) is 39.5 Å². The molecule has 14 atom stereocenters. The molecule has 0 radical (unpaired) electrons. The Morgan fingerprint density at radius 3 is 0.973 bits per heavy atom. The van der Waals surface area contributed by atoms with Gasteiger partial charge in [0.1, 0.15) is 49.2 Å². The van der Waals surface area contributed by atoms with Crippen molar-refractivity contribution in [3.05, 3.63) is 257 Å². The minimum Gasteiger partial charge on any atom is -0.489 e. The number of nitrogens with one attached hydrogen (secondary N) is 11. The van der Waals surface area contributed by atoms with Gasteiger partial charge in [-0.3, -0.25) is 43.1 Å². The maximum Gasteiger partial charge on any atom is 0.266 e. The predicted octanol–water partition coefficient (Wildman–Crippen LogP) is 15.0. The van der Waals surface area contributed by atoms with Gasteiger partial charge >= 0.3 is 0 Å². The molecule has 147 heavy (non-hydrogen) atoms. The molecule has 7 aromatic carbocycles. The average Bonchev–Trinajstić information content (AvgIpc) is 1.57. The number of amides is 8. The van der Waals surface area contributed by atoms with E-state index in [4.69, 9.17) is 15.2 Å². The molecule has 0 bridgehead atoms. The quantitative estimate of drug-likeness (QED) is 0.0126. The summed E-state index contributed by atoms with van der Waals surface area (Å²) in [5.41, 5.74) is 3.88. The minimum atomic E-state index is -4.25. The van der Waals surface area contributed by atoms with Crippen LogP contribution in [0, 0.1) is 91.7 Å². The number of para-hydroxylation sites is 5. The molecule has 7 aliphatic carbocycles. The summed E-state index contributed by atoms with van der Waals surface area (Å²) >= 11 is 0. The molecular weight excluding hydrogens is 2000 g/mol. The van der Waals surface area contributed by atoms with Crippen molar-refractivity contribution in [3.8, 4) is 11.5 Å². The van der Waals surface area contributed by atoms with Crippen LogP contribution in [0.3, 0.4) is 0 Å². The van der Waals surface area contributed by atoms with Crippen LogP contribution in [0.25, 0.3) is 0 Å². The second-order valence-corrected chi connectivity index (χ2v) is 49.7. The van der Waals surface area contributed by atoms with Crippen molar-refractivity contribution in [2.45, 2.75) is 196 Å². The summed E-state index contributed by atoms with van der Waals surface area (Å²) in [6.45, 7) is 44.0. The average molecular weight is 2140 g/mol. The first kappa shape index (κ1) is 118. The van der Waals surface area contributed by atoms with Crippen LogP contribution in [-0.2, 0) is 112 Å². The monoisotopic (exact) mass is 2140 g/mol. The van der Waals surface area contributed by atoms with Gasteiger partial charge in [-0.05, 0) is 214 Å². The molecule has 8 amide bonds. The van der Waals surface area contributed by atoms with Crippen LogP contribution in [0.15, 0.2) is 270 Å². The SMILES string of the molecule is C=C[C@@H]1C[C@@]1(C(=O)NS(=O)(=O)C1CCCCC1NC)C(C)C.C=C[C@@H]1C[C@@]1(C(=O)NS(=O)(=O)c1cc(COc2ccccc2)ccc1NC(C)=O)C(C)C.C=C[C@@H]1C[C@@]1(C(=O)NS(=O)(=O)c1cc(COc2ccccc2)ccc1NC)C(C)C.C=C[C@@H]1C[C@@]1(C(=O)NS(=O)(=O)c1ccccc1NC)C(C)C.C=C[C@@H]1C[C@]1(C)C(=O)NS(=O)(=O)c1ccccc1N.C=C[C@@H]1C[C@]1(C)C(=O)NS(=O)(=O)c1ccccc1NC(C)=O. The van der Waals surface area contributed by atoms with Crippen molar-refractivity contribution >= 4 is 136 Å². The van der Waals surface area contributed by atoms with Gasteiger partial charge < -0.3 is 41.8 Å². The second-order valence-electron chi connectivity index (χ2n) is 39.5. The molecule has 7 fully saturated rings. The maximum absolute atomic E-state index is 13.2. The summed E-state index contributed by atoms with van der Waals surface area (Å²) in [6, 6.07) is 46.3. The molecule has 7 aromatic rings. The molecule has 0 spiro atoms. The fraction of sp³-hybridized carbons (Fsp3) is 0.421. The largest absolute Gasteiger partial charge is 0.489 e. The topological polar surface area (TPSA) is 518 Å². The smallest absolute Gasteiger partial charge is 0.266 e. The van der Waals surface area contributed by atoms with Crippen LogP contribution in [0.1, 0.15) is 158 Å². The van der Waals surface area contributed by atoms with Crippen molar-refractivity contribution in [1.82, 2.24) is 33.6 Å². The van der Waals surface area contributed by atoms with Gasteiger partial charge in [-0.2, -0.15) is 0 Å². The Bertz CT molecular complexity index is 6850. The highest BCUT2D eigenvalue weighted by Crippen LogP contribution is 2.62. The number of carbonyl (C=O) groups excluding carboxylic acids is 8. The first-order valence-electron chi connectivity index (χ1n) is 48.3. The number of nitrogens with two attached hydrogens (primary N) is 1. The van der Waals surface area contributed by atoms with E-state index in [2.05, 4.69) is 94.4 Å². The molecule has 0 saturated heterocycles.